The van der Waals surface area contributed by atoms with Gasteiger partial charge in [-0.25, -0.2) is 4.39 Å². The lowest BCUT2D eigenvalue weighted by atomic mass is 10.1. The van der Waals surface area contributed by atoms with Gasteiger partial charge in [-0.15, -0.1) is 0 Å². The summed E-state index contributed by atoms with van der Waals surface area (Å²) in [6.45, 7) is 0.526. The molecule has 1 aliphatic heterocycles. The van der Waals surface area contributed by atoms with Crippen LogP contribution in [0.25, 0.3) is 10.9 Å². The SMILES string of the molecule is CN(C)C1CCc2ccccc2N(C(=O)c2cc(=O)[nH]c3cc(F)ccc23)C1. The number of aromatic nitrogens is 1. The van der Waals surface area contributed by atoms with Crippen molar-refractivity contribution in [3.63, 3.8) is 0 Å². The zero-order chi connectivity index (χ0) is 19.8. The molecule has 0 aliphatic carbocycles. The molecule has 2 aromatic carbocycles. The molecule has 0 saturated heterocycles. The van der Waals surface area contributed by atoms with Crippen LogP contribution in [0, 0.1) is 5.82 Å². The number of halogens is 1. The normalized spacial score (nSPS) is 16.9. The molecule has 1 atom stereocenters. The highest BCUT2D eigenvalue weighted by molar-refractivity contribution is 6.13. The van der Waals surface area contributed by atoms with E-state index in [1.54, 1.807) is 11.0 Å². The predicted molar refractivity (Wildman–Crippen MR) is 108 cm³/mol. The van der Waals surface area contributed by atoms with Gasteiger partial charge in [-0.1, -0.05) is 18.2 Å². The number of anilines is 1. The lowest BCUT2D eigenvalue weighted by Crippen LogP contribution is -2.42. The van der Waals surface area contributed by atoms with Crippen molar-refractivity contribution < 1.29 is 9.18 Å². The summed E-state index contributed by atoms with van der Waals surface area (Å²) in [6.07, 6.45) is 1.82. The second-order valence-electron chi connectivity index (χ2n) is 7.44. The number of rotatable bonds is 2. The first kappa shape index (κ1) is 18.4. The van der Waals surface area contributed by atoms with Gasteiger partial charge >= 0.3 is 0 Å². The predicted octanol–water partition coefficient (Wildman–Crippen LogP) is 3.19. The molecule has 1 amide bonds. The number of H-pyrrole nitrogens is 1. The van der Waals surface area contributed by atoms with Crippen LogP contribution >= 0.6 is 0 Å². The van der Waals surface area contributed by atoms with Gasteiger partial charge in [-0.05, 0) is 56.8 Å². The van der Waals surface area contributed by atoms with Gasteiger partial charge in [0.2, 0.25) is 5.56 Å². The molecular formula is C22H22FN3O2. The van der Waals surface area contributed by atoms with Gasteiger partial charge in [-0.3, -0.25) is 9.59 Å². The molecule has 1 N–H and O–H groups in total. The number of carbonyl (C=O) groups is 1. The van der Waals surface area contributed by atoms with Crippen LogP contribution < -0.4 is 10.5 Å². The third kappa shape index (κ3) is 3.31. The van der Waals surface area contributed by atoms with Gasteiger partial charge in [0.15, 0.2) is 0 Å². The Morgan fingerprint density at radius 3 is 2.75 bits per heavy atom. The number of carbonyl (C=O) groups excluding carboxylic acids is 1. The Morgan fingerprint density at radius 2 is 1.96 bits per heavy atom. The average molecular weight is 379 g/mol. The fraction of sp³-hybridized carbons (Fsp3) is 0.273. The van der Waals surface area contributed by atoms with Gasteiger partial charge in [0, 0.05) is 29.7 Å². The summed E-state index contributed by atoms with van der Waals surface area (Å²) in [5.41, 5.74) is 2.16. The molecule has 0 radical (unpaired) electrons. The van der Waals surface area contributed by atoms with Crippen LogP contribution in [0.2, 0.25) is 0 Å². The number of fused-ring (bicyclic) bond motifs is 2. The summed E-state index contributed by atoms with van der Waals surface area (Å²) in [5.74, 6) is -0.704. The minimum atomic E-state index is -0.458. The molecule has 0 spiro atoms. The number of aromatic amines is 1. The van der Waals surface area contributed by atoms with E-state index in [4.69, 9.17) is 0 Å². The zero-order valence-corrected chi connectivity index (χ0v) is 15.9. The fourth-order valence-corrected chi connectivity index (χ4v) is 3.88. The van der Waals surface area contributed by atoms with Crippen molar-refractivity contribution in [3.05, 3.63) is 75.8 Å². The Kier molecular flexibility index (Phi) is 4.73. The van der Waals surface area contributed by atoms with E-state index < -0.39 is 11.4 Å². The van der Waals surface area contributed by atoms with Crippen molar-refractivity contribution in [2.75, 3.05) is 25.5 Å². The summed E-state index contributed by atoms with van der Waals surface area (Å²) < 4.78 is 13.6. The van der Waals surface area contributed by atoms with Crippen LogP contribution in [-0.2, 0) is 6.42 Å². The molecule has 28 heavy (non-hydrogen) atoms. The van der Waals surface area contributed by atoms with E-state index in [1.807, 2.05) is 38.4 Å². The highest BCUT2D eigenvalue weighted by Crippen LogP contribution is 2.30. The number of aryl methyl sites for hydroxylation is 1. The van der Waals surface area contributed by atoms with Gasteiger partial charge in [0.25, 0.3) is 5.91 Å². The number of nitrogens with one attached hydrogen (secondary N) is 1. The van der Waals surface area contributed by atoms with E-state index >= 15 is 0 Å². The molecule has 3 aromatic rings. The molecule has 0 bridgehead atoms. The van der Waals surface area contributed by atoms with E-state index in [0.717, 1.165) is 24.1 Å². The van der Waals surface area contributed by atoms with Gasteiger partial charge in [0.1, 0.15) is 5.82 Å². The molecular weight excluding hydrogens is 357 g/mol. The Labute approximate surface area is 162 Å². The highest BCUT2D eigenvalue weighted by Gasteiger charge is 2.29. The van der Waals surface area contributed by atoms with Crippen LogP contribution in [0.3, 0.4) is 0 Å². The second kappa shape index (κ2) is 7.20. The Balaban J connectivity index is 1.86. The van der Waals surface area contributed by atoms with Crippen LogP contribution in [0.15, 0.2) is 53.3 Å². The van der Waals surface area contributed by atoms with Crippen molar-refractivity contribution in [2.45, 2.75) is 18.9 Å². The van der Waals surface area contributed by atoms with Crippen molar-refractivity contribution in [3.8, 4) is 0 Å². The van der Waals surface area contributed by atoms with Crippen LogP contribution in [0.4, 0.5) is 10.1 Å². The summed E-state index contributed by atoms with van der Waals surface area (Å²) in [6, 6.07) is 13.5. The van der Waals surface area contributed by atoms with E-state index in [0.29, 0.717) is 17.4 Å². The second-order valence-corrected chi connectivity index (χ2v) is 7.44. The number of pyridine rings is 1. The first-order valence-corrected chi connectivity index (χ1v) is 9.33. The molecule has 0 fully saturated rings. The molecule has 1 unspecified atom stereocenters. The maximum atomic E-state index is 13.6. The van der Waals surface area contributed by atoms with E-state index in [1.165, 1.54) is 18.2 Å². The first-order chi connectivity index (χ1) is 13.4. The Hall–Kier alpha value is -2.99. The fourth-order valence-electron chi connectivity index (χ4n) is 3.88. The number of benzene rings is 2. The number of nitrogens with zero attached hydrogens (tertiary/aromatic N) is 2. The Morgan fingerprint density at radius 1 is 1.18 bits per heavy atom. The molecule has 6 heteroatoms. The van der Waals surface area contributed by atoms with Crippen molar-refractivity contribution in [2.24, 2.45) is 0 Å². The molecule has 5 nitrogen and oxygen atoms in total. The van der Waals surface area contributed by atoms with Gasteiger partial charge in [0.05, 0.1) is 11.1 Å². The number of hydrogen-bond donors (Lipinski definition) is 1. The zero-order valence-electron chi connectivity index (χ0n) is 15.9. The van der Waals surface area contributed by atoms with E-state index in [9.17, 15) is 14.0 Å². The average Bonchev–Trinajstić information content (AvgIpc) is 2.86. The lowest BCUT2D eigenvalue weighted by Gasteiger charge is -2.29. The molecule has 1 aliphatic rings. The summed E-state index contributed by atoms with van der Waals surface area (Å²) >= 11 is 0. The third-order valence-electron chi connectivity index (χ3n) is 5.43. The summed E-state index contributed by atoms with van der Waals surface area (Å²) in [4.78, 5) is 32.2. The minimum absolute atomic E-state index is 0.196. The molecule has 1 aromatic heterocycles. The van der Waals surface area contributed by atoms with Gasteiger partial charge < -0.3 is 14.8 Å². The smallest absolute Gasteiger partial charge is 0.259 e. The Bertz CT molecular complexity index is 1110. The summed E-state index contributed by atoms with van der Waals surface area (Å²) in [5, 5.41) is 0.536. The minimum Gasteiger partial charge on any atom is -0.322 e. The third-order valence-corrected chi connectivity index (χ3v) is 5.43. The molecule has 2 heterocycles. The van der Waals surface area contributed by atoms with Crippen LogP contribution in [-0.4, -0.2) is 42.5 Å². The molecule has 144 valence electrons. The number of likely N-dealkylation sites (N-methyl/N-ethyl adjacent to an activating group) is 1. The van der Waals surface area contributed by atoms with Crippen molar-refractivity contribution in [1.29, 1.82) is 0 Å². The molecule has 4 rings (SSSR count). The maximum absolute atomic E-state index is 13.6. The summed E-state index contributed by atoms with van der Waals surface area (Å²) in [7, 11) is 4.02. The quantitative estimate of drug-likeness (QED) is 0.744. The van der Waals surface area contributed by atoms with Crippen LogP contribution in [0.1, 0.15) is 22.3 Å². The number of hydrogen-bond acceptors (Lipinski definition) is 3. The first-order valence-electron chi connectivity index (χ1n) is 9.33. The lowest BCUT2D eigenvalue weighted by molar-refractivity contribution is 0.0981. The van der Waals surface area contributed by atoms with Gasteiger partial charge in [-0.2, -0.15) is 0 Å². The maximum Gasteiger partial charge on any atom is 0.259 e. The highest BCUT2D eigenvalue weighted by atomic mass is 19.1. The number of amides is 1. The number of para-hydroxylation sites is 1. The standard InChI is InChI=1S/C22H22FN3O2/c1-25(2)16-9-7-14-5-3-4-6-20(14)26(13-16)22(28)18-12-21(27)24-19-11-15(23)8-10-17(18)19/h3-6,8,10-12,16H,7,9,13H2,1-2H3,(H,24,27). The molecule has 0 saturated carbocycles. The van der Waals surface area contributed by atoms with Crippen LogP contribution in [0.5, 0.6) is 0 Å². The van der Waals surface area contributed by atoms with E-state index in [-0.39, 0.29) is 17.5 Å². The topological polar surface area (TPSA) is 56.4 Å². The van der Waals surface area contributed by atoms with Crippen molar-refractivity contribution in [1.82, 2.24) is 9.88 Å². The largest absolute Gasteiger partial charge is 0.322 e. The van der Waals surface area contributed by atoms with Crippen molar-refractivity contribution >= 4 is 22.5 Å². The monoisotopic (exact) mass is 379 g/mol. The van der Waals surface area contributed by atoms with E-state index in [2.05, 4.69) is 9.88 Å².